The third kappa shape index (κ3) is 7.20. The number of carbonyl (C=O) groups is 1. The van der Waals surface area contributed by atoms with Crippen molar-refractivity contribution in [2.24, 2.45) is 0 Å². The quantitative estimate of drug-likeness (QED) is 0.271. The number of carbonyl (C=O) groups excluding carboxylic acids is 1. The molecule has 2 heterocycles. The van der Waals surface area contributed by atoms with Crippen LogP contribution in [0.3, 0.4) is 0 Å². The molecule has 43 heavy (non-hydrogen) atoms. The minimum absolute atomic E-state index is 0.160. The van der Waals surface area contributed by atoms with Crippen LogP contribution in [0.4, 0.5) is 18.9 Å². The van der Waals surface area contributed by atoms with Gasteiger partial charge in [-0.1, -0.05) is 29.8 Å². The smallest absolute Gasteiger partial charge is 0.379 e. The minimum Gasteiger partial charge on any atom is -0.379 e. The number of ether oxygens (including phenoxy) is 1. The van der Waals surface area contributed by atoms with Crippen LogP contribution >= 0.6 is 0 Å². The topological polar surface area (TPSA) is 92.7 Å². The van der Waals surface area contributed by atoms with Crippen molar-refractivity contribution in [1.29, 1.82) is 0 Å². The fraction of sp³-hybridized carbons (Fsp3) is 0.323. The van der Waals surface area contributed by atoms with Crippen molar-refractivity contribution in [2.75, 3.05) is 44.1 Å². The Kier molecular flexibility index (Phi) is 8.81. The molecule has 0 atom stereocenters. The molecule has 228 valence electrons. The second kappa shape index (κ2) is 12.4. The number of sulfonamides is 1. The summed E-state index contributed by atoms with van der Waals surface area (Å²) in [7, 11) is -4.32. The number of rotatable bonds is 9. The van der Waals surface area contributed by atoms with E-state index in [2.05, 4.69) is 21.0 Å². The monoisotopic (exact) mass is 614 g/mol. The highest BCUT2D eigenvalue weighted by atomic mass is 32.2. The van der Waals surface area contributed by atoms with E-state index in [0.717, 1.165) is 48.0 Å². The Morgan fingerprint density at radius 1 is 0.977 bits per heavy atom. The zero-order valence-electron chi connectivity index (χ0n) is 23.9. The highest BCUT2D eigenvalue weighted by Crippen LogP contribution is 2.31. The van der Waals surface area contributed by atoms with Gasteiger partial charge in [-0.15, -0.1) is 0 Å². The molecule has 3 aromatic carbocycles. The molecule has 1 aliphatic heterocycles. The summed E-state index contributed by atoms with van der Waals surface area (Å²) >= 11 is 0. The number of fused-ring (bicyclic) bond motifs is 1. The average molecular weight is 615 g/mol. The lowest BCUT2D eigenvalue weighted by atomic mass is 10.1. The van der Waals surface area contributed by atoms with Crippen LogP contribution < -0.4 is 10.0 Å². The number of nitrogens with zero attached hydrogens (tertiary/aromatic N) is 2. The van der Waals surface area contributed by atoms with E-state index in [9.17, 15) is 26.4 Å². The Labute approximate surface area is 248 Å². The van der Waals surface area contributed by atoms with E-state index in [0.29, 0.717) is 55.5 Å². The maximum absolute atomic E-state index is 13.5. The predicted octanol–water partition coefficient (Wildman–Crippen LogP) is 5.19. The number of aromatic nitrogens is 1. The molecule has 4 aromatic rings. The molecule has 1 aromatic heterocycles. The number of hydrogen-bond acceptors (Lipinski definition) is 5. The van der Waals surface area contributed by atoms with Crippen LogP contribution in [-0.2, 0) is 27.5 Å². The van der Waals surface area contributed by atoms with Crippen molar-refractivity contribution in [2.45, 2.75) is 31.5 Å². The molecule has 5 rings (SSSR count). The van der Waals surface area contributed by atoms with E-state index in [-0.39, 0.29) is 11.6 Å². The van der Waals surface area contributed by atoms with Crippen molar-refractivity contribution in [1.82, 2.24) is 14.8 Å². The zero-order chi connectivity index (χ0) is 30.8. The zero-order valence-corrected chi connectivity index (χ0v) is 24.7. The molecule has 12 heteroatoms. The van der Waals surface area contributed by atoms with Crippen LogP contribution in [0.15, 0.2) is 71.6 Å². The van der Waals surface area contributed by atoms with Gasteiger partial charge in [-0.05, 0) is 67.4 Å². The Morgan fingerprint density at radius 2 is 1.74 bits per heavy atom. The average Bonchev–Trinajstić information content (AvgIpc) is 3.32. The normalized spacial score (nSPS) is 14.6. The van der Waals surface area contributed by atoms with E-state index in [4.69, 9.17) is 4.74 Å². The summed E-state index contributed by atoms with van der Waals surface area (Å²) < 4.78 is 75.2. The van der Waals surface area contributed by atoms with Crippen LogP contribution in [0.5, 0.6) is 0 Å². The van der Waals surface area contributed by atoms with Gasteiger partial charge in [-0.2, -0.15) is 13.2 Å². The summed E-state index contributed by atoms with van der Waals surface area (Å²) in [4.78, 5) is 15.2. The van der Waals surface area contributed by atoms with Crippen LogP contribution in [0.2, 0.25) is 0 Å². The first kappa shape index (κ1) is 30.6. The first-order valence-corrected chi connectivity index (χ1v) is 15.4. The second-order valence-corrected chi connectivity index (χ2v) is 12.3. The number of morpholine rings is 1. The van der Waals surface area contributed by atoms with E-state index >= 15 is 0 Å². The van der Waals surface area contributed by atoms with Crippen LogP contribution in [-0.4, -0.2) is 63.2 Å². The lowest BCUT2D eigenvalue weighted by Gasteiger charge is -2.26. The number of halogens is 3. The fourth-order valence-corrected chi connectivity index (χ4v) is 6.23. The molecule has 1 aliphatic rings. The molecule has 0 aliphatic carbocycles. The number of amides is 1. The van der Waals surface area contributed by atoms with Crippen molar-refractivity contribution in [3.63, 3.8) is 0 Å². The summed E-state index contributed by atoms with van der Waals surface area (Å²) in [5, 5.41) is 3.61. The van der Waals surface area contributed by atoms with Crippen molar-refractivity contribution >= 4 is 32.5 Å². The summed E-state index contributed by atoms with van der Waals surface area (Å²) in [6.07, 6.45) is -4.68. The number of hydrogen-bond donors (Lipinski definition) is 2. The first-order chi connectivity index (χ1) is 20.4. The molecule has 0 bridgehead atoms. The van der Waals surface area contributed by atoms with Gasteiger partial charge in [-0.3, -0.25) is 14.4 Å². The highest BCUT2D eigenvalue weighted by Gasteiger charge is 2.31. The Morgan fingerprint density at radius 3 is 2.49 bits per heavy atom. The predicted molar refractivity (Wildman–Crippen MR) is 159 cm³/mol. The molecule has 0 unspecified atom stereocenters. The molecule has 0 spiro atoms. The number of aryl methyl sites for hydroxylation is 2. The summed E-state index contributed by atoms with van der Waals surface area (Å²) in [5.74, 6) is -0.263. The second-order valence-electron chi connectivity index (χ2n) is 10.7. The largest absolute Gasteiger partial charge is 0.416 e. The van der Waals surface area contributed by atoms with Gasteiger partial charge in [0.15, 0.2) is 0 Å². The summed E-state index contributed by atoms with van der Waals surface area (Å²) in [6, 6.07) is 16.2. The molecule has 1 amide bonds. The molecule has 0 radical (unpaired) electrons. The van der Waals surface area contributed by atoms with Crippen molar-refractivity contribution in [3.8, 4) is 0 Å². The van der Waals surface area contributed by atoms with Gasteiger partial charge in [0.25, 0.3) is 15.9 Å². The Bertz CT molecular complexity index is 1750. The summed E-state index contributed by atoms with van der Waals surface area (Å²) in [6.45, 7) is 8.50. The van der Waals surface area contributed by atoms with Gasteiger partial charge in [0.05, 0.1) is 23.7 Å². The number of alkyl halides is 3. The maximum atomic E-state index is 13.5. The molecule has 2 N–H and O–H groups in total. The first-order valence-electron chi connectivity index (χ1n) is 13.9. The van der Waals surface area contributed by atoms with E-state index in [1.165, 1.54) is 6.07 Å². The van der Waals surface area contributed by atoms with Crippen LogP contribution in [0.25, 0.3) is 10.9 Å². The van der Waals surface area contributed by atoms with Gasteiger partial charge >= 0.3 is 6.18 Å². The molecule has 0 saturated carbocycles. The minimum atomic E-state index is -4.68. The molecule has 1 saturated heterocycles. The Balaban J connectivity index is 1.45. The third-order valence-corrected chi connectivity index (χ3v) is 8.89. The van der Waals surface area contributed by atoms with Crippen LogP contribution in [0.1, 0.15) is 32.7 Å². The molecular weight excluding hydrogens is 581 g/mol. The van der Waals surface area contributed by atoms with Crippen molar-refractivity contribution < 1.29 is 31.1 Å². The van der Waals surface area contributed by atoms with Gasteiger partial charge in [-0.25, -0.2) is 8.42 Å². The lowest BCUT2D eigenvalue weighted by Crippen LogP contribution is -2.41. The third-order valence-electron chi connectivity index (χ3n) is 7.51. The van der Waals surface area contributed by atoms with E-state index in [1.54, 1.807) is 18.2 Å². The maximum Gasteiger partial charge on any atom is 0.416 e. The molecule has 8 nitrogen and oxygen atoms in total. The number of nitrogens with one attached hydrogen (secondary N) is 2. The highest BCUT2D eigenvalue weighted by molar-refractivity contribution is 7.92. The van der Waals surface area contributed by atoms with Gasteiger partial charge in [0.1, 0.15) is 5.69 Å². The van der Waals surface area contributed by atoms with Gasteiger partial charge < -0.3 is 14.6 Å². The number of benzene rings is 3. The summed E-state index contributed by atoms with van der Waals surface area (Å²) in [5.41, 5.74) is 3.41. The molecule has 1 fully saturated rings. The molecular formula is C31H33F3N4O4S. The Hall–Kier alpha value is -3.87. The van der Waals surface area contributed by atoms with Crippen LogP contribution in [0, 0.1) is 13.8 Å². The SMILES string of the molecule is Cc1ccc(C)c(Cn2c(C(=O)NCCN3CCOCC3)cc3cc(NS(=O)(=O)c4cccc(C(F)(F)F)c4)ccc32)c1. The standard InChI is InChI=1S/C31H33F3N4O4S/c1-21-6-7-22(2)24(16-21)20-38-28-9-8-26(36-43(40,41)27-5-3-4-25(19-27)31(32,33)34)17-23(28)18-29(38)30(39)35-10-11-37-12-14-42-15-13-37/h3-9,16-19,36H,10-15,20H2,1-2H3,(H,35,39). The van der Waals surface area contributed by atoms with Crippen molar-refractivity contribution in [3.05, 3.63) is 94.7 Å². The van der Waals surface area contributed by atoms with E-state index < -0.39 is 26.7 Å². The number of anilines is 1. The fourth-order valence-electron chi connectivity index (χ4n) is 5.13. The lowest BCUT2D eigenvalue weighted by molar-refractivity contribution is -0.137. The van der Waals surface area contributed by atoms with E-state index in [1.807, 2.05) is 30.5 Å². The van der Waals surface area contributed by atoms with Gasteiger partial charge in [0.2, 0.25) is 0 Å². The van der Waals surface area contributed by atoms with Gasteiger partial charge in [0, 0.05) is 49.3 Å².